The largest absolute Gasteiger partial charge is 0.534 e. The first-order chi connectivity index (χ1) is 14.3. The Hall–Kier alpha value is -2.17. The summed E-state index contributed by atoms with van der Waals surface area (Å²) in [6.45, 7) is 3.99. The van der Waals surface area contributed by atoms with Crippen molar-refractivity contribution in [3.8, 4) is 5.75 Å². The molecule has 3 unspecified atom stereocenters. The van der Waals surface area contributed by atoms with Crippen LogP contribution in [0.15, 0.2) is 12.1 Å². The van der Waals surface area contributed by atoms with Crippen LogP contribution in [0.2, 0.25) is 0 Å². The van der Waals surface area contributed by atoms with E-state index in [1.165, 1.54) is 6.07 Å². The number of nitro groups is 1. The molecule has 7 nitrogen and oxygen atoms in total. The highest BCUT2D eigenvalue weighted by molar-refractivity contribution is 7.88. The number of fused-ring (bicyclic) bond motifs is 5. The Morgan fingerprint density at radius 3 is 2.52 bits per heavy atom. The summed E-state index contributed by atoms with van der Waals surface area (Å²) >= 11 is 0. The SMILES string of the molecule is C[C@H]1C[C@]2(C)C(=O)CCC2C2CCc3c(ccc(OS(=O)(=O)C(F)(F)F)c3[N+](=O)[O-])C21. The number of carbonyl (C=O) groups excluding carboxylic acids is 1. The van der Waals surface area contributed by atoms with E-state index >= 15 is 0 Å². The zero-order valence-electron chi connectivity index (χ0n) is 16.9. The van der Waals surface area contributed by atoms with E-state index in [9.17, 15) is 36.5 Å². The molecule has 0 N–H and O–H groups in total. The topological polar surface area (TPSA) is 104 Å². The van der Waals surface area contributed by atoms with Crippen molar-refractivity contribution in [3.63, 3.8) is 0 Å². The summed E-state index contributed by atoms with van der Waals surface area (Å²) in [4.78, 5) is 23.4. The molecule has 170 valence electrons. The average Bonchev–Trinajstić information content (AvgIpc) is 2.94. The first-order valence-electron chi connectivity index (χ1n) is 10.1. The van der Waals surface area contributed by atoms with Gasteiger partial charge in [-0.15, -0.1) is 0 Å². The number of benzene rings is 1. The Morgan fingerprint density at radius 2 is 1.90 bits per heavy atom. The molecule has 5 atom stereocenters. The molecule has 0 spiro atoms. The monoisotopic (exact) mass is 461 g/mol. The van der Waals surface area contributed by atoms with E-state index in [1.807, 2.05) is 13.8 Å². The highest BCUT2D eigenvalue weighted by atomic mass is 32.2. The number of hydrogen-bond donors (Lipinski definition) is 0. The van der Waals surface area contributed by atoms with Crippen LogP contribution in [-0.2, 0) is 21.3 Å². The van der Waals surface area contributed by atoms with E-state index in [2.05, 4.69) is 4.18 Å². The van der Waals surface area contributed by atoms with Gasteiger partial charge in [0.15, 0.2) is 0 Å². The Morgan fingerprint density at radius 1 is 1.23 bits per heavy atom. The maximum Gasteiger partial charge on any atom is 0.534 e. The normalized spacial score (nSPS) is 32.7. The second kappa shape index (κ2) is 6.91. The lowest BCUT2D eigenvalue weighted by Crippen LogP contribution is -2.46. The number of alkyl halides is 3. The lowest BCUT2D eigenvalue weighted by Gasteiger charge is -2.51. The number of rotatable bonds is 3. The molecule has 0 heterocycles. The Balaban J connectivity index is 1.79. The lowest BCUT2D eigenvalue weighted by molar-refractivity contribution is -0.386. The molecule has 0 aliphatic heterocycles. The Labute approximate surface area is 177 Å². The van der Waals surface area contributed by atoms with Crippen molar-refractivity contribution < 1.29 is 35.5 Å². The molecule has 1 aromatic carbocycles. The van der Waals surface area contributed by atoms with Gasteiger partial charge in [-0.2, -0.15) is 21.6 Å². The molecule has 1 aromatic rings. The number of nitro benzene ring substituents is 1. The standard InChI is InChI=1S/C20H22F3NO6S/c1-10-9-19(2)14(6-8-16(19)25)13-4-3-12-11(17(10)13)5-7-15(18(12)24(26)27)30-31(28,29)20(21,22)23/h5,7,10,13-14,17H,3-4,6,8-9H2,1-2H3/t10-,13?,14?,17?,19-/m0/s1. The summed E-state index contributed by atoms with van der Waals surface area (Å²) in [6.07, 6.45) is 2.69. The van der Waals surface area contributed by atoms with E-state index in [0.29, 0.717) is 24.8 Å². The molecule has 31 heavy (non-hydrogen) atoms. The molecule has 2 fully saturated rings. The molecule has 3 aliphatic rings. The van der Waals surface area contributed by atoms with Crippen molar-refractivity contribution in [1.82, 2.24) is 0 Å². The zero-order chi connectivity index (χ0) is 22.9. The molecule has 3 aliphatic carbocycles. The molecular formula is C20H22F3NO6S. The van der Waals surface area contributed by atoms with E-state index in [0.717, 1.165) is 12.5 Å². The summed E-state index contributed by atoms with van der Waals surface area (Å²) in [5.74, 6) is -0.421. The van der Waals surface area contributed by atoms with E-state index in [-0.39, 0.29) is 41.4 Å². The van der Waals surface area contributed by atoms with E-state index < -0.39 is 37.4 Å². The van der Waals surface area contributed by atoms with Gasteiger partial charge in [0.05, 0.1) is 4.92 Å². The first kappa shape index (κ1) is 22.0. The summed E-state index contributed by atoms with van der Waals surface area (Å²) in [5.41, 5.74) is -5.96. The van der Waals surface area contributed by atoms with Crippen LogP contribution in [-0.4, -0.2) is 24.6 Å². The summed E-state index contributed by atoms with van der Waals surface area (Å²) in [6, 6.07) is 2.40. The van der Waals surface area contributed by atoms with Crippen LogP contribution in [0.5, 0.6) is 5.75 Å². The second-order valence-electron chi connectivity index (χ2n) is 9.12. The van der Waals surface area contributed by atoms with Crippen molar-refractivity contribution >= 4 is 21.6 Å². The molecular weight excluding hydrogens is 439 g/mol. The summed E-state index contributed by atoms with van der Waals surface area (Å²) in [7, 11) is -6.04. The predicted octanol–water partition coefficient (Wildman–Crippen LogP) is 4.49. The molecule has 0 radical (unpaired) electrons. The lowest BCUT2D eigenvalue weighted by atomic mass is 9.52. The minimum atomic E-state index is -6.04. The van der Waals surface area contributed by atoms with Crippen LogP contribution in [0.1, 0.15) is 56.6 Å². The van der Waals surface area contributed by atoms with Gasteiger partial charge in [0.25, 0.3) is 0 Å². The van der Waals surface area contributed by atoms with Crippen molar-refractivity contribution in [2.24, 2.45) is 23.2 Å². The van der Waals surface area contributed by atoms with Crippen LogP contribution < -0.4 is 4.18 Å². The second-order valence-corrected chi connectivity index (χ2v) is 10.7. The van der Waals surface area contributed by atoms with Gasteiger partial charge in [-0.05, 0) is 61.0 Å². The van der Waals surface area contributed by atoms with E-state index in [1.54, 1.807) is 0 Å². The number of nitrogens with zero attached hydrogens (tertiary/aromatic N) is 1. The van der Waals surface area contributed by atoms with Gasteiger partial charge in [0, 0.05) is 17.4 Å². The fraction of sp³-hybridized carbons (Fsp3) is 0.650. The number of carbonyl (C=O) groups is 1. The number of hydrogen-bond acceptors (Lipinski definition) is 6. The third-order valence-corrected chi connectivity index (χ3v) is 8.48. The van der Waals surface area contributed by atoms with Crippen LogP contribution in [0.25, 0.3) is 0 Å². The van der Waals surface area contributed by atoms with Crippen LogP contribution in [0, 0.1) is 33.3 Å². The van der Waals surface area contributed by atoms with Gasteiger partial charge >= 0.3 is 21.3 Å². The van der Waals surface area contributed by atoms with Crippen molar-refractivity contribution in [1.29, 1.82) is 0 Å². The maximum atomic E-state index is 12.7. The third-order valence-electron chi connectivity index (χ3n) is 7.51. The van der Waals surface area contributed by atoms with Crippen LogP contribution >= 0.6 is 0 Å². The fourth-order valence-electron chi connectivity index (χ4n) is 6.38. The smallest absolute Gasteiger partial charge is 0.369 e. The first-order valence-corrected chi connectivity index (χ1v) is 11.5. The van der Waals surface area contributed by atoms with Gasteiger partial charge in [-0.3, -0.25) is 14.9 Å². The molecule has 2 saturated carbocycles. The van der Waals surface area contributed by atoms with Crippen LogP contribution in [0.3, 0.4) is 0 Å². The quantitative estimate of drug-likeness (QED) is 0.284. The van der Waals surface area contributed by atoms with Gasteiger partial charge in [0.2, 0.25) is 5.75 Å². The third kappa shape index (κ3) is 3.23. The average molecular weight is 461 g/mol. The summed E-state index contributed by atoms with van der Waals surface area (Å²) in [5, 5.41) is 11.8. The van der Waals surface area contributed by atoms with Gasteiger partial charge < -0.3 is 4.18 Å². The molecule has 0 aromatic heterocycles. The molecule has 0 saturated heterocycles. The molecule has 4 rings (SSSR count). The molecule has 11 heteroatoms. The molecule has 0 bridgehead atoms. The fourth-order valence-corrected chi connectivity index (χ4v) is 6.85. The van der Waals surface area contributed by atoms with Crippen molar-refractivity contribution in [3.05, 3.63) is 33.4 Å². The van der Waals surface area contributed by atoms with E-state index in [4.69, 9.17) is 0 Å². The van der Waals surface area contributed by atoms with Crippen LogP contribution in [0.4, 0.5) is 18.9 Å². The number of ketones is 1. The number of halogens is 3. The van der Waals surface area contributed by atoms with Crippen molar-refractivity contribution in [2.75, 3.05) is 0 Å². The highest BCUT2D eigenvalue weighted by Crippen LogP contribution is 2.62. The molecule has 0 amide bonds. The highest BCUT2D eigenvalue weighted by Gasteiger charge is 2.57. The van der Waals surface area contributed by atoms with Gasteiger partial charge in [0.1, 0.15) is 5.78 Å². The summed E-state index contributed by atoms with van der Waals surface area (Å²) < 4.78 is 65.3. The number of Topliss-reactive ketones (excluding diaryl/α,β-unsaturated/α-hetero) is 1. The minimum Gasteiger partial charge on any atom is -0.369 e. The maximum absolute atomic E-state index is 12.7. The van der Waals surface area contributed by atoms with Crippen molar-refractivity contribution in [2.45, 2.75) is 57.4 Å². The Bertz CT molecular complexity index is 1070. The van der Waals surface area contributed by atoms with Gasteiger partial charge in [-0.25, -0.2) is 0 Å². The minimum absolute atomic E-state index is 0.0395. The van der Waals surface area contributed by atoms with Gasteiger partial charge in [-0.1, -0.05) is 19.9 Å². The zero-order valence-corrected chi connectivity index (χ0v) is 17.8. The Kier molecular flexibility index (Phi) is 4.92. The predicted molar refractivity (Wildman–Crippen MR) is 103 cm³/mol.